The zero-order valence-electron chi connectivity index (χ0n) is 12.7. The van der Waals surface area contributed by atoms with Crippen molar-refractivity contribution >= 4 is 0 Å². The third-order valence-corrected chi connectivity index (χ3v) is 3.85. The summed E-state index contributed by atoms with van der Waals surface area (Å²) in [4.78, 5) is 2.41. The van der Waals surface area contributed by atoms with Crippen LogP contribution in [0.1, 0.15) is 25.5 Å². The molecule has 0 spiro atoms. The van der Waals surface area contributed by atoms with Crippen LogP contribution < -0.4 is 4.74 Å². The van der Waals surface area contributed by atoms with Crippen LogP contribution in [0.25, 0.3) is 0 Å². The Labute approximate surface area is 121 Å². The van der Waals surface area contributed by atoms with Crippen LogP contribution in [0.5, 0.6) is 5.75 Å². The van der Waals surface area contributed by atoms with Crippen molar-refractivity contribution in [3.63, 3.8) is 0 Å². The summed E-state index contributed by atoms with van der Waals surface area (Å²) in [6.45, 7) is 8.40. The number of benzene rings is 1. The van der Waals surface area contributed by atoms with Crippen molar-refractivity contribution in [1.82, 2.24) is 4.90 Å². The Morgan fingerprint density at radius 2 is 2.25 bits per heavy atom. The largest absolute Gasteiger partial charge is 0.497 e. The minimum Gasteiger partial charge on any atom is -0.497 e. The number of ether oxygens (including phenoxy) is 3. The maximum Gasteiger partial charge on any atom is 0.119 e. The highest BCUT2D eigenvalue weighted by atomic mass is 16.6. The van der Waals surface area contributed by atoms with E-state index in [1.54, 1.807) is 7.11 Å². The van der Waals surface area contributed by atoms with Crippen LogP contribution in [0.15, 0.2) is 24.3 Å². The number of rotatable bonds is 6. The van der Waals surface area contributed by atoms with E-state index >= 15 is 0 Å². The van der Waals surface area contributed by atoms with Crippen LogP contribution in [0.2, 0.25) is 0 Å². The molecule has 0 saturated carbocycles. The summed E-state index contributed by atoms with van der Waals surface area (Å²) in [6.07, 6.45) is 0.178. The maximum atomic E-state index is 5.75. The molecule has 0 aliphatic carbocycles. The van der Waals surface area contributed by atoms with E-state index in [0.717, 1.165) is 18.8 Å². The summed E-state index contributed by atoms with van der Waals surface area (Å²) in [5.41, 5.74) is 1.27. The van der Waals surface area contributed by atoms with Crippen LogP contribution in [0.3, 0.4) is 0 Å². The van der Waals surface area contributed by atoms with Crippen molar-refractivity contribution in [3.05, 3.63) is 29.8 Å². The van der Waals surface area contributed by atoms with Gasteiger partial charge < -0.3 is 14.2 Å². The second kappa shape index (κ2) is 7.62. The van der Waals surface area contributed by atoms with Crippen LogP contribution in [-0.4, -0.2) is 51.0 Å². The van der Waals surface area contributed by atoms with Gasteiger partial charge in [-0.25, -0.2) is 0 Å². The molecule has 1 saturated heterocycles. The van der Waals surface area contributed by atoms with Crippen LogP contribution in [0, 0.1) is 0 Å². The van der Waals surface area contributed by atoms with Crippen LogP contribution in [-0.2, 0) is 9.47 Å². The van der Waals surface area contributed by atoms with Gasteiger partial charge in [0, 0.05) is 12.6 Å². The molecule has 20 heavy (non-hydrogen) atoms. The fraction of sp³-hybridized carbons (Fsp3) is 0.625. The molecule has 2 unspecified atom stereocenters. The van der Waals surface area contributed by atoms with Gasteiger partial charge >= 0.3 is 0 Å². The topological polar surface area (TPSA) is 30.9 Å². The Hall–Kier alpha value is -1.10. The monoisotopic (exact) mass is 279 g/mol. The number of hydrogen-bond acceptors (Lipinski definition) is 4. The van der Waals surface area contributed by atoms with E-state index in [4.69, 9.17) is 14.2 Å². The van der Waals surface area contributed by atoms with Gasteiger partial charge in [0.1, 0.15) is 5.75 Å². The van der Waals surface area contributed by atoms with E-state index in [-0.39, 0.29) is 6.10 Å². The lowest BCUT2D eigenvalue weighted by atomic mass is 10.1. The molecular weight excluding hydrogens is 254 g/mol. The Bertz CT molecular complexity index is 404. The lowest BCUT2D eigenvalue weighted by Crippen LogP contribution is -2.41. The molecule has 1 aromatic rings. The van der Waals surface area contributed by atoms with Crippen molar-refractivity contribution in [2.75, 3.05) is 40.0 Å². The van der Waals surface area contributed by atoms with Gasteiger partial charge in [-0.1, -0.05) is 19.1 Å². The highest BCUT2D eigenvalue weighted by Crippen LogP contribution is 2.24. The fourth-order valence-electron chi connectivity index (χ4n) is 2.58. The smallest absolute Gasteiger partial charge is 0.119 e. The third kappa shape index (κ3) is 3.95. The Balaban J connectivity index is 2.01. The van der Waals surface area contributed by atoms with Crippen LogP contribution in [0.4, 0.5) is 0 Å². The quantitative estimate of drug-likeness (QED) is 0.800. The molecule has 1 aromatic carbocycles. The van der Waals surface area contributed by atoms with Gasteiger partial charge in [-0.3, -0.25) is 4.90 Å². The molecule has 2 atom stereocenters. The predicted molar refractivity (Wildman–Crippen MR) is 79.2 cm³/mol. The third-order valence-electron chi connectivity index (χ3n) is 3.85. The summed E-state index contributed by atoms with van der Waals surface area (Å²) < 4.78 is 16.5. The first-order valence-corrected chi connectivity index (χ1v) is 7.32. The molecular formula is C16H25NO3. The second-order valence-electron chi connectivity index (χ2n) is 5.11. The number of methoxy groups -OCH3 is 1. The first-order chi connectivity index (χ1) is 9.74. The summed E-state index contributed by atoms with van der Waals surface area (Å²) in [7, 11) is 1.70. The van der Waals surface area contributed by atoms with Gasteiger partial charge in [-0.2, -0.15) is 0 Å². The molecule has 112 valence electrons. The average molecular weight is 279 g/mol. The Morgan fingerprint density at radius 1 is 1.40 bits per heavy atom. The molecule has 0 N–H and O–H groups in total. The average Bonchev–Trinajstić information content (AvgIpc) is 2.53. The van der Waals surface area contributed by atoms with Crippen LogP contribution >= 0.6 is 0 Å². The lowest BCUT2D eigenvalue weighted by Gasteiger charge is -2.33. The van der Waals surface area contributed by atoms with Gasteiger partial charge in [-0.05, 0) is 31.2 Å². The number of hydrogen-bond donors (Lipinski definition) is 0. The molecule has 1 fully saturated rings. The molecule has 1 heterocycles. The predicted octanol–water partition coefficient (Wildman–Crippen LogP) is 2.49. The van der Waals surface area contributed by atoms with Crippen molar-refractivity contribution in [2.24, 2.45) is 0 Å². The lowest BCUT2D eigenvalue weighted by molar-refractivity contribution is -0.0999. The standard InChI is InChI=1S/C16H25NO3/c1-4-17(11-16-12-19-8-9-20-16)13(2)14-6-5-7-15(10-14)18-3/h5-7,10,13,16H,4,8-9,11-12H2,1-3H3. The Morgan fingerprint density at radius 3 is 2.90 bits per heavy atom. The van der Waals surface area contributed by atoms with E-state index in [2.05, 4.69) is 30.9 Å². The molecule has 4 nitrogen and oxygen atoms in total. The van der Waals surface area contributed by atoms with Gasteiger partial charge in [-0.15, -0.1) is 0 Å². The maximum absolute atomic E-state index is 5.75. The molecule has 0 aromatic heterocycles. The fourth-order valence-corrected chi connectivity index (χ4v) is 2.58. The Kier molecular flexibility index (Phi) is 5.83. The number of likely N-dealkylation sites (N-methyl/N-ethyl adjacent to an activating group) is 1. The normalized spacial score (nSPS) is 20.9. The molecule has 1 aliphatic rings. The van der Waals surface area contributed by atoms with E-state index in [9.17, 15) is 0 Å². The molecule has 1 aliphatic heterocycles. The summed E-state index contributed by atoms with van der Waals surface area (Å²) in [5.74, 6) is 0.905. The van der Waals surface area contributed by atoms with E-state index < -0.39 is 0 Å². The summed E-state index contributed by atoms with van der Waals surface area (Å²) in [5, 5.41) is 0. The first kappa shape index (κ1) is 15.3. The van der Waals surface area contributed by atoms with Gasteiger partial charge in [0.05, 0.1) is 33.0 Å². The highest BCUT2D eigenvalue weighted by Gasteiger charge is 2.21. The van der Waals surface area contributed by atoms with Crippen molar-refractivity contribution in [2.45, 2.75) is 26.0 Å². The molecule has 0 radical (unpaired) electrons. The van der Waals surface area contributed by atoms with E-state index in [1.165, 1.54) is 5.56 Å². The van der Waals surface area contributed by atoms with Gasteiger partial charge in [0.2, 0.25) is 0 Å². The summed E-state index contributed by atoms with van der Waals surface area (Å²) in [6, 6.07) is 8.60. The SMILES string of the molecule is CCN(CC1COCCO1)C(C)c1cccc(OC)c1. The highest BCUT2D eigenvalue weighted by molar-refractivity contribution is 5.30. The first-order valence-electron chi connectivity index (χ1n) is 7.32. The minimum absolute atomic E-state index is 0.178. The van der Waals surface area contributed by atoms with Gasteiger partial charge in [0.15, 0.2) is 0 Å². The number of nitrogens with zero attached hydrogens (tertiary/aromatic N) is 1. The second-order valence-corrected chi connectivity index (χ2v) is 5.11. The zero-order valence-corrected chi connectivity index (χ0v) is 12.7. The van der Waals surface area contributed by atoms with Crippen molar-refractivity contribution < 1.29 is 14.2 Å². The summed E-state index contributed by atoms with van der Waals surface area (Å²) >= 11 is 0. The molecule has 0 amide bonds. The van der Waals surface area contributed by atoms with E-state index in [1.807, 2.05) is 12.1 Å². The van der Waals surface area contributed by atoms with Gasteiger partial charge in [0.25, 0.3) is 0 Å². The minimum atomic E-state index is 0.178. The van der Waals surface area contributed by atoms with E-state index in [0.29, 0.717) is 25.9 Å². The molecule has 2 rings (SSSR count). The molecule has 0 bridgehead atoms. The molecule has 4 heteroatoms. The van der Waals surface area contributed by atoms with Crippen molar-refractivity contribution in [3.8, 4) is 5.75 Å². The zero-order chi connectivity index (χ0) is 14.4. The van der Waals surface area contributed by atoms with Crippen molar-refractivity contribution in [1.29, 1.82) is 0 Å².